The summed E-state index contributed by atoms with van der Waals surface area (Å²) in [6.07, 6.45) is 1.35. The zero-order valence-electron chi connectivity index (χ0n) is 14.8. The summed E-state index contributed by atoms with van der Waals surface area (Å²) in [5, 5.41) is 13.1. The number of hydrogen-bond acceptors (Lipinski definition) is 5. The van der Waals surface area contributed by atoms with Crippen molar-refractivity contribution < 1.29 is 18.3 Å². The molecule has 0 aliphatic carbocycles. The lowest BCUT2D eigenvalue weighted by Crippen LogP contribution is -2.35. The Hall–Kier alpha value is -2.71. The van der Waals surface area contributed by atoms with Crippen LogP contribution in [0, 0.1) is 20.8 Å². The van der Waals surface area contributed by atoms with E-state index >= 15 is 0 Å². The number of aryl methyl sites for hydroxylation is 3. The Bertz CT molecular complexity index is 930. The molecule has 0 heterocycles. The second kappa shape index (κ2) is 8.11. The van der Waals surface area contributed by atoms with Crippen LogP contribution in [0.5, 0.6) is 5.75 Å². The molecule has 0 atom stereocenters. The van der Waals surface area contributed by atoms with E-state index in [1.54, 1.807) is 38.1 Å². The Kier molecular flexibility index (Phi) is 6.12. The van der Waals surface area contributed by atoms with E-state index in [1.165, 1.54) is 18.3 Å². The van der Waals surface area contributed by atoms with E-state index in [0.717, 1.165) is 5.56 Å². The van der Waals surface area contributed by atoms with Crippen molar-refractivity contribution >= 4 is 22.1 Å². The maximum atomic E-state index is 12.5. The molecule has 0 fully saturated rings. The van der Waals surface area contributed by atoms with Gasteiger partial charge in [0.2, 0.25) is 10.0 Å². The molecule has 26 heavy (non-hydrogen) atoms. The molecule has 1 amide bonds. The number of amides is 1. The van der Waals surface area contributed by atoms with Crippen LogP contribution in [-0.2, 0) is 14.8 Å². The van der Waals surface area contributed by atoms with Gasteiger partial charge in [0, 0.05) is 0 Å². The van der Waals surface area contributed by atoms with Crippen LogP contribution in [-0.4, -0.2) is 32.2 Å². The van der Waals surface area contributed by atoms with E-state index in [0.29, 0.717) is 16.7 Å². The molecule has 0 saturated carbocycles. The summed E-state index contributed by atoms with van der Waals surface area (Å²) in [7, 11) is -3.81. The zero-order chi connectivity index (χ0) is 19.3. The fraction of sp³-hybridized carbons (Fsp3) is 0.222. The van der Waals surface area contributed by atoms with Crippen LogP contribution in [0.3, 0.4) is 0 Å². The summed E-state index contributed by atoms with van der Waals surface area (Å²) in [5.74, 6) is -0.524. The van der Waals surface area contributed by atoms with Gasteiger partial charge < -0.3 is 5.11 Å². The minimum absolute atomic E-state index is 0.0804. The molecular weight excluding hydrogens is 354 g/mol. The highest BCUT2D eigenvalue weighted by molar-refractivity contribution is 7.89. The van der Waals surface area contributed by atoms with Gasteiger partial charge in [-0.05, 0) is 49.6 Å². The van der Waals surface area contributed by atoms with Gasteiger partial charge in [-0.3, -0.25) is 4.79 Å². The third kappa shape index (κ3) is 5.14. The number of aromatic hydroxyl groups is 1. The molecule has 138 valence electrons. The first-order chi connectivity index (χ1) is 12.2. The zero-order valence-corrected chi connectivity index (χ0v) is 15.6. The van der Waals surface area contributed by atoms with E-state index in [1.807, 2.05) is 6.92 Å². The van der Waals surface area contributed by atoms with Crippen LogP contribution in [0.2, 0.25) is 0 Å². The van der Waals surface area contributed by atoms with Crippen molar-refractivity contribution in [2.45, 2.75) is 25.7 Å². The van der Waals surface area contributed by atoms with E-state index in [4.69, 9.17) is 0 Å². The average molecular weight is 375 g/mol. The minimum atomic E-state index is -3.81. The highest BCUT2D eigenvalue weighted by Gasteiger charge is 2.20. The molecule has 8 heteroatoms. The Balaban J connectivity index is 1.98. The standard InChI is InChI=1S/C18H21N3O4S/c1-12-7-13(2)18(14(3)8-12)26(24,25)20-11-17(23)21-19-10-15-5-4-6-16(22)9-15/h4-10,20,22H,11H2,1-3H3,(H,21,23)/b19-10-. The number of benzene rings is 2. The number of carbonyl (C=O) groups is 1. The molecule has 0 aliphatic heterocycles. The van der Waals surface area contributed by atoms with Crippen LogP contribution >= 0.6 is 0 Å². The molecule has 2 aromatic carbocycles. The molecule has 2 rings (SSSR count). The van der Waals surface area contributed by atoms with Crippen molar-refractivity contribution in [1.29, 1.82) is 0 Å². The van der Waals surface area contributed by atoms with Crippen molar-refractivity contribution in [3.63, 3.8) is 0 Å². The first kappa shape index (κ1) is 19.6. The first-order valence-corrected chi connectivity index (χ1v) is 9.36. The maximum absolute atomic E-state index is 12.5. The molecule has 7 nitrogen and oxygen atoms in total. The lowest BCUT2D eigenvalue weighted by molar-refractivity contribution is -0.119. The number of nitrogens with one attached hydrogen (secondary N) is 2. The SMILES string of the molecule is Cc1cc(C)c(S(=O)(=O)NCC(=O)N/N=C\c2cccc(O)c2)c(C)c1. The lowest BCUT2D eigenvalue weighted by Gasteiger charge is -2.12. The Morgan fingerprint density at radius 3 is 2.42 bits per heavy atom. The van der Waals surface area contributed by atoms with Gasteiger partial charge in [0.05, 0.1) is 17.7 Å². The second-order valence-corrected chi connectivity index (χ2v) is 7.64. The van der Waals surface area contributed by atoms with Crippen molar-refractivity contribution in [2.24, 2.45) is 5.10 Å². The maximum Gasteiger partial charge on any atom is 0.255 e. The van der Waals surface area contributed by atoms with Crippen LogP contribution < -0.4 is 10.1 Å². The van der Waals surface area contributed by atoms with Gasteiger partial charge in [-0.15, -0.1) is 0 Å². The van der Waals surface area contributed by atoms with Crippen molar-refractivity contribution in [3.05, 3.63) is 58.7 Å². The van der Waals surface area contributed by atoms with Crippen molar-refractivity contribution in [2.75, 3.05) is 6.54 Å². The predicted molar refractivity (Wildman–Crippen MR) is 99.7 cm³/mol. The van der Waals surface area contributed by atoms with Crippen LogP contribution in [0.1, 0.15) is 22.3 Å². The Labute approximate surface area is 152 Å². The number of rotatable bonds is 6. The molecule has 0 aromatic heterocycles. The van der Waals surface area contributed by atoms with Gasteiger partial charge in [0.1, 0.15) is 5.75 Å². The fourth-order valence-electron chi connectivity index (χ4n) is 2.65. The molecular formula is C18H21N3O4S. The second-order valence-electron chi connectivity index (χ2n) is 5.94. The van der Waals surface area contributed by atoms with Gasteiger partial charge in [-0.1, -0.05) is 29.8 Å². The third-order valence-corrected chi connectivity index (χ3v) is 5.28. The number of phenols is 1. The number of hydrazone groups is 1. The molecule has 0 bridgehead atoms. The molecule has 2 aromatic rings. The fourth-order valence-corrected chi connectivity index (χ4v) is 4.08. The van der Waals surface area contributed by atoms with E-state index in [2.05, 4.69) is 15.2 Å². The highest BCUT2D eigenvalue weighted by atomic mass is 32.2. The van der Waals surface area contributed by atoms with Crippen LogP contribution in [0.15, 0.2) is 46.4 Å². The summed E-state index contributed by atoms with van der Waals surface area (Å²) in [6.45, 7) is 4.89. The Morgan fingerprint density at radius 2 is 1.81 bits per heavy atom. The highest BCUT2D eigenvalue weighted by Crippen LogP contribution is 2.21. The number of hydrogen-bond donors (Lipinski definition) is 3. The number of carbonyl (C=O) groups excluding carboxylic acids is 1. The van der Waals surface area contributed by atoms with E-state index in [-0.39, 0.29) is 10.6 Å². The van der Waals surface area contributed by atoms with Crippen LogP contribution in [0.4, 0.5) is 0 Å². The van der Waals surface area contributed by atoms with Gasteiger partial charge in [0.15, 0.2) is 0 Å². The number of phenolic OH excluding ortho intramolecular Hbond substituents is 1. The molecule has 0 spiro atoms. The van der Waals surface area contributed by atoms with Crippen LogP contribution in [0.25, 0.3) is 0 Å². The van der Waals surface area contributed by atoms with Gasteiger partial charge >= 0.3 is 0 Å². The van der Waals surface area contributed by atoms with E-state index in [9.17, 15) is 18.3 Å². The van der Waals surface area contributed by atoms with Gasteiger partial charge in [0.25, 0.3) is 5.91 Å². The summed E-state index contributed by atoms with van der Waals surface area (Å²) in [4.78, 5) is 12.0. The minimum Gasteiger partial charge on any atom is -0.508 e. The van der Waals surface area contributed by atoms with Gasteiger partial charge in [-0.25, -0.2) is 18.6 Å². The molecule has 3 N–H and O–H groups in total. The largest absolute Gasteiger partial charge is 0.508 e. The smallest absolute Gasteiger partial charge is 0.255 e. The summed E-state index contributed by atoms with van der Waals surface area (Å²) >= 11 is 0. The summed E-state index contributed by atoms with van der Waals surface area (Å²) < 4.78 is 27.2. The molecule has 0 saturated heterocycles. The lowest BCUT2D eigenvalue weighted by atomic mass is 10.1. The molecule has 0 unspecified atom stereocenters. The predicted octanol–water partition coefficient (Wildman–Crippen LogP) is 1.75. The molecule has 0 radical (unpaired) electrons. The summed E-state index contributed by atoms with van der Waals surface area (Å²) in [6, 6.07) is 9.88. The molecule has 0 aliphatic rings. The quantitative estimate of drug-likeness (QED) is 0.528. The summed E-state index contributed by atoms with van der Waals surface area (Å²) in [5.41, 5.74) is 5.04. The normalized spacial score (nSPS) is 11.7. The number of sulfonamides is 1. The topological polar surface area (TPSA) is 108 Å². The third-order valence-electron chi connectivity index (χ3n) is 3.57. The van der Waals surface area contributed by atoms with Crippen molar-refractivity contribution in [1.82, 2.24) is 10.1 Å². The number of nitrogens with zero attached hydrogens (tertiary/aromatic N) is 1. The van der Waals surface area contributed by atoms with Crippen molar-refractivity contribution in [3.8, 4) is 5.75 Å². The Morgan fingerprint density at radius 1 is 1.15 bits per heavy atom. The monoisotopic (exact) mass is 375 g/mol. The van der Waals surface area contributed by atoms with E-state index < -0.39 is 22.5 Å². The first-order valence-electron chi connectivity index (χ1n) is 7.87. The average Bonchev–Trinajstić information content (AvgIpc) is 2.52. The van der Waals surface area contributed by atoms with Gasteiger partial charge in [-0.2, -0.15) is 5.10 Å².